The zero-order chi connectivity index (χ0) is 19.4. The Hall–Kier alpha value is -2.16. The van der Waals surface area contributed by atoms with Gasteiger partial charge in [-0.05, 0) is 36.8 Å². The van der Waals surface area contributed by atoms with Crippen LogP contribution < -0.4 is 5.32 Å². The number of furan rings is 1. The van der Waals surface area contributed by atoms with Gasteiger partial charge in [0.15, 0.2) is 0 Å². The molecule has 0 spiro atoms. The molecule has 1 aliphatic heterocycles. The molecule has 0 saturated carbocycles. The van der Waals surface area contributed by atoms with Gasteiger partial charge in [-0.15, -0.1) is 0 Å². The number of amides is 2. The minimum atomic E-state index is -0.549. The van der Waals surface area contributed by atoms with E-state index in [0.717, 1.165) is 0 Å². The molecule has 0 atom stereocenters. The molecule has 0 aliphatic carbocycles. The monoisotopic (exact) mass is 424 g/mol. The van der Waals surface area contributed by atoms with Crippen molar-refractivity contribution >= 4 is 63.5 Å². The summed E-state index contributed by atoms with van der Waals surface area (Å²) in [6.07, 6.45) is 3.79. The van der Waals surface area contributed by atoms with Gasteiger partial charge in [-0.2, -0.15) is 0 Å². The molecule has 2 aromatic rings. The zero-order valence-corrected chi connectivity index (χ0v) is 16.3. The molecule has 2 heterocycles. The summed E-state index contributed by atoms with van der Waals surface area (Å²) >= 11 is 12.1. The van der Waals surface area contributed by atoms with E-state index in [0.29, 0.717) is 33.6 Å². The Morgan fingerprint density at radius 1 is 1.41 bits per heavy atom. The molecule has 5 nitrogen and oxygen atoms in total. The summed E-state index contributed by atoms with van der Waals surface area (Å²) in [6, 6.07) is 7.44. The van der Waals surface area contributed by atoms with Crippen LogP contribution in [0.2, 0.25) is 5.02 Å². The first-order valence-electron chi connectivity index (χ1n) is 7.98. The Bertz CT molecular complexity index is 915. The van der Waals surface area contributed by atoms with Crippen LogP contribution in [0.25, 0.3) is 6.08 Å². The molecule has 3 rings (SSSR count). The van der Waals surface area contributed by atoms with Crippen LogP contribution in [0.4, 0.5) is 10.1 Å². The normalized spacial score (nSPS) is 15.6. The van der Waals surface area contributed by atoms with E-state index in [1.807, 2.05) is 0 Å². The first-order chi connectivity index (χ1) is 12.9. The van der Waals surface area contributed by atoms with Crippen LogP contribution in [0, 0.1) is 5.82 Å². The largest absolute Gasteiger partial charge is 0.465 e. The van der Waals surface area contributed by atoms with Crippen LogP contribution >= 0.6 is 35.6 Å². The summed E-state index contributed by atoms with van der Waals surface area (Å²) in [5.41, 5.74) is 0.415. The molecule has 2 amide bonds. The number of thiocarbonyl (C=S) groups is 1. The number of benzene rings is 1. The Labute approximate surface area is 169 Å². The van der Waals surface area contributed by atoms with Crippen LogP contribution in [0.15, 0.2) is 45.9 Å². The number of rotatable bonds is 6. The summed E-state index contributed by atoms with van der Waals surface area (Å²) in [4.78, 5) is 26.4. The van der Waals surface area contributed by atoms with E-state index in [9.17, 15) is 14.0 Å². The minimum Gasteiger partial charge on any atom is -0.465 e. The van der Waals surface area contributed by atoms with Gasteiger partial charge in [0.2, 0.25) is 5.91 Å². The summed E-state index contributed by atoms with van der Waals surface area (Å²) < 4.78 is 18.8. The maximum Gasteiger partial charge on any atom is 0.266 e. The van der Waals surface area contributed by atoms with Crippen molar-refractivity contribution in [1.29, 1.82) is 0 Å². The molecule has 1 aromatic carbocycles. The Morgan fingerprint density at radius 2 is 2.22 bits per heavy atom. The molecule has 1 aliphatic rings. The molecular formula is C18H14ClFN2O3S2. The van der Waals surface area contributed by atoms with Crippen molar-refractivity contribution in [2.45, 2.75) is 12.8 Å². The Kier molecular flexibility index (Phi) is 6.30. The molecule has 1 saturated heterocycles. The lowest BCUT2D eigenvalue weighted by Crippen LogP contribution is -2.29. The van der Waals surface area contributed by atoms with Crippen molar-refractivity contribution in [3.8, 4) is 0 Å². The summed E-state index contributed by atoms with van der Waals surface area (Å²) in [7, 11) is 0. The maximum absolute atomic E-state index is 13.1. The second kappa shape index (κ2) is 8.69. The molecule has 0 unspecified atom stereocenters. The second-order valence-corrected chi connectivity index (χ2v) is 7.71. The van der Waals surface area contributed by atoms with Gasteiger partial charge in [-0.25, -0.2) is 4.39 Å². The van der Waals surface area contributed by atoms with Gasteiger partial charge in [-0.1, -0.05) is 35.6 Å². The van der Waals surface area contributed by atoms with Crippen molar-refractivity contribution < 1.29 is 18.4 Å². The molecule has 1 aromatic heterocycles. The van der Waals surface area contributed by atoms with Crippen molar-refractivity contribution in [2.24, 2.45) is 0 Å². The highest BCUT2D eigenvalue weighted by Crippen LogP contribution is 2.32. The summed E-state index contributed by atoms with van der Waals surface area (Å²) in [5.74, 6) is -0.430. The average molecular weight is 425 g/mol. The standard InChI is InChI=1S/C18H14ClFN2O3S2/c19-13-9-11(5-6-14(13)20)21-16(23)4-1-7-22-17(24)15(27-18(22)26)10-12-3-2-8-25-12/h2-3,5-6,8-10H,1,4,7H2,(H,21,23)/b15-10+. The SMILES string of the molecule is O=C(CCCN1C(=O)/C(=C\c2ccco2)SC1=S)Nc1ccc(F)c(Cl)c1. The van der Waals surface area contributed by atoms with E-state index in [1.54, 1.807) is 18.2 Å². The molecule has 0 bridgehead atoms. The smallest absolute Gasteiger partial charge is 0.266 e. The van der Waals surface area contributed by atoms with E-state index < -0.39 is 5.82 Å². The Morgan fingerprint density at radius 3 is 2.93 bits per heavy atom. The van der Waals surface area contributed by atoms with Gasteiger partial charge in [0.25, 0.3) is 5.91 Å². The topological polar surface area (TPSA) is 62.6 Å². The van der Waals surface area contributed by atoms with Crippen LogP contribution in [0.3, 0.4) is 0 Å². The highest BCUT2D eigenvalue weighted by Gasteiger charge is 2.31. The number of carbonyl (C=O) groups is 2. The molecule has 1 fully saturated rings. The third-order valence-electron chi connectivity index (χ3n) is 3.68. The molecule has 27 heavy (non-hydrogen) atoms. The van der Waals surface area contributed by atoms with E-state index >= 15 is 0 Å². The van der Waals surface area contributed by atoms with E-state index in [1.165, 1.54) is 41.1 Å². The van der Waals surface area contributed by atoms with Gasteiger partial charge >= 0.3 is 0 Å². The highest BCUT2D eigenvalue weighted by atomic mass is 35.5. The van der Waals surface area contributed by atoms with Crippen LogP contribution in [0.1, 0.15) is 18.6 Å². The van der Waals surface area contributed by atoms with Crippen LogP contribution in [-0.4, -0.2) is 27.6 Å². The number of carbonyl (C=O) groups excluding carboxylic acids is 2. The van der Waals surface area contributed by atoms with E-state index in [2.05, 4.69) is 5.32 Å². The average Bonchev–Trinajstić information content (AvgIpc) is 3.22. The zero-order valence-electron chi connectivity index (χ0n) is 13.9. The highest BCUT2D eigenvalue weighted by molar-refractivity contribution is 8.26. The number of halogens is 2. The number of hydrogen-bond donors (Lipinski definition) is 1. The lowest BCUT2D eigenvalue weighted by Gasteiger charge is -2.14. The number of thioether (sulfide) groups is 1. The van der Waals surface area contributed by atoms with Crippen LogP contribution in [0.5, 0.6) is 0 Å². The Balaban J connectivity index is 1.51. The molecular weight excluding hydrogens is 411 g/mol. The molecule has 0 radical (unpaired) electrons. The fourth-order valence-corrected chi connectivity index (χ4v) is 3.86. The predicted molar refractivity (Wildman–Crippen MR) is 108 cm³/mol. The number of anilines is 1. The van der Waals surface area contributed by atoms with E-state index in [4.69, 9.17) is 28.2 Å². The maximum atomic E-state index is 13.1. The first-order valence-corrected chi connectivity index (χ1v) is 9.58. The third kappa shape index (κ3) is 4.97. The van der Waals surface area contributed by atoms with E-state index in [-0.39, 0.29) is 23.3 Å². The van der Waals surface area contributed by atoms with Gasteiger partial charge in [0, 0.05) is 24.7 Å². The van der Waals surface area contributed by atoms with Crippen molar-refractivity contribution in [3.63, 3.8) is 0 Å². The lowest BCUT2D eigenvalue weighted by molar-refractivity contribution is -0.122. The molecule has 1 N–H and O–H groups in total. The number of nitrogens with zero attached hydrogens (tertiary/aromatic N) is 1. The summed E-state index contributed by atoms with van der Waals surface area (Å²) in [5, 5.41) is 2.58. The quantitative estimate of drug-likeness (QED) is 0.538. The van der Waals surface area contributed by atoms with Crippen molar-refractivity contribution in [3.05, 3.63) is 58.1 Å². The first kappa shape index (κ1) is 19.6. The van der Waals surface area contributed by atoms with Gasteiger partial charge in [0.05, 0.1) is 16.2 Å². The predicted octanol–water partition coefficient (Wildman–Crippen LogP) is 4.69. The second-order valence-electron chi connectivity index (χ2n) is 5.63. The molecule has 140 valence electrons. The van der Waals surface area contributed by atoms with Crippen molar-refractivity contribution in [2.75, 3.05) is 11.9 Å². The van der Waals surface area contributed by atoms with Gasteiger partial charge < -0.3 is 9.73 Å². The number of hydrogen-bond acceptors (Lipinski definition) is 5. The minimum absolute atomic E-state index is 0.0614. The number of nitrogens with one attached hydrogen (secondary N) is 1. The third-order valence-corrected chi connectivity index (χ3v) is 5.35. The molecule has 9 heteroatoms. The van der Waals surface area contributed by atoms with Gasteiger partial charge in [-0.3, -0.25) is 14.5 Å². The van der Waals surface area contributed by atoms with Gasteiger partial charge in [0.1, 0.15) is 15.9 Å². The fraction of sp³-hybridized carbons (Fsp3) is 0.167. The van der Waals surface area contributed by atoms with Crippen molar-refractivity contribution in [1.82, 2.24) is 4.90 Å². The lowest BCUT2D eigenvalue weighted by atomic mass is 10.2. The van der Waals surface area contributed by atoms with Crippen LogP contribution in [-0.2, 0) is 9.59 Å². The summed E-state index contributed by atoms with van der Waals surface area (Å²) in [6.45, 7) is 0.331. The fourth-order valence-electron chi connectivity index (χ4n) is 2.39.